The number of benzene rings is 2. The van der Waals surface area contributed by atoms with Gasteiger partial charge in [0.05, 0.1) is 23.4 Å². The van der Waals surface area contributed by atoms with Crippen LogP contribution in [0.5, 0.6) is 0 Å². The summed E-state index contributed by atoms with van der Waals surface area (Å²) in [6.07, 6.45) is 0. The second-order valence-corrected chi connectivity index (χ2v) is 4.34. The molecule has 0 bridgehead atoms. The Morgan fingerprint density at radius 2 is 1.78 bits per heavy atom. The number of esters is 1. The molecule has 0 amide bonds. The molecule has 0 aromatic heterocycles. The van der Waals surface area contributed by atoms with E-state index >= 15 is 0 Å². The number of nitro groups is 1. The number of anilines is 1. The Bertz CT molecular complexity index is 714. The van der Waals surface area contributed by atoms with Crippen molar-refractivity contribution in [2.75, 3.05) is 12.5 Å². The highest BCUT2D eigenvalue weighted by Crippen LogP contribution is 2.18. The lowest BCUT2D eigenvalue weighted by Crippen LogP contribution is -2.36. The van der Waals surface area contributed by atoms with Crippen LogP contribution in [0, 0.1) is 10.1 Å². The lowest BCUT2D eigenvalue weighted by atomic mass is 10.3. The van der Waals surface area contributed by atoms with Crippen LogP contribution in [0.25, 0.3) is 0 Å². The van der Waals surface area contributed by atoms with E-state index in [-0.39, 0.29) is 11.5 Å². The molecule has 2 rings (SSSR count). The predicted molar refractivity (Wildman–Crippen MR) is 85.4 cm³/mol. The quantitative estimate of drug-likeness (QED) is 0.295. The Morgan fingerprint density at radius 3 is 2.35 bits per heavy atom. The molecule has 0 aliphatic carbocycles. The van der Waals surface area contributed by atoms with Crippen LogP contribution in [-0.2, 0) is 9.53 Å². The average molecular weight is 314 g/mol. The van der Waals surface area contributed by atoms with E-state index < -0.39 is 10.9 Å². The van der Waals surface area contributed by atoms with E-state index in [0.29, 0.717) is 5.69 Å². The fourth-order valence-corrected chi connectivity index (χ4v) is 1.65. The number of methoxy groups -OCH3 is 1. The molecule has 0 aliphatic heterocycles. The molecule has 0 aliphatic rings. The van der Waals surface area contributed by atoms with Crippen molar-refractivity contribution in [2.45, 2.75) is 0 Å². The molecule has 0 radical (unpaired) electrons. The monoisotopic (exact) mass is 314 g/mol. The molecule has 2 aromatic carbocycles. The van der Waals surface area contributed by atoms with Crippen LogP contribution >= 0.6 is 0 Å². The number of nitro benzene ring substituents is 1. The van der Waals surface area contributed by atoms with E-state index in [2.05, 4.69) is 20.6 Å². The van der Waals surface area contributed by atoms with Crippen molar-refractivity contribution >= 4 is 28.9 Å². The maximum Gasteiger partial charge on any atom is 0.375 e. The number of hydrazine groups is 1. The number of carbonyl (C=O) groups excluding carboxylic acids is 1. The summed E-state index contributed by atoms with van der Waals surface area (Å²) in [6, 6.07) is 14.6. The van der Waals surface area contributed by atoms with Crippen LogP contribution in [0.15, 0.2) is 59.6 Å². The zero-order chi connectivity index (χ0) is 16.7. The van der Waals surface area contributed by atoms with Crippen LogP contribution in [0.1, 0.15) is 0 Å². The van der Waals surface area contributed by atoms with Crippen LogP contribution in [0.2, 0.25) is 0 Å². The van der Waals surface area contributed by atoms with E-state index in [9.17, 15) is 14.9 Å². The van der Waals surface area contributed by atoms with E-state index in [0.717, 1.165) is 5.69 Å². The molecule has 2 N–H and O–H groups in total. The zero-order valence-electron chi connectivity index (χ0n) is 12.2. The number of nitrogens with zero attached hydrogens (tertiary/aromatic N) is 2. The second kappa shape index (κ2) is 7.55. The Labute approximate surface area is 131 Å². The van der Waals surface area contributed by atoms with E-state index in [4.69, 9.17) is 0 Å². The summed E-state index contributed by atoms with van der Waals surface area (Å²) in [5.74, 6) is -0.753. The van der Waals surface area contributed by atoms with Gasteiger partial charge in [0, 0.05) is 12.1 Å². The summed E-state index contributed by atoms with van der Waals surface area (Å²) in [5, 5.41) is 10.6. The minimum atomic E-state index is -0.674. The SMILES string of the molecule is COC(=O)C(=Nc1ccc([N+](=O)[O-])cc1)NNc1ccccc1. The first-order valence-corrected chi connectivity index (χ1v) is 6.58. The Morgan fingerprint density at radius 1 is 1.13 bits per heavy atom. The highest BCUT2D eigenvalue weighted by molar-refractivity contribution is 6.36. The molecule has 8 heteroatoms. The predicted octanol–water partition coefficient (Wildman–Crippen LogP) is 2.41. The van der Waals surface area contributed by atoms with Gasteiger partial charge in [0.2, 0.25) is 5.84 Å². The van der Waals surface area contributed by atoms with Gasteiger partial charge in [-0.05, 0) is 24.3 Å². The molecule has 8 nitrogen and oxygen atoms in total. The lowest BCUT2D eigenvalue weighted by Gasteiger charge is -2.10. The maximum absolute atomic E-state index is 11.7. The van der Waals surface area contributed by atoms with Crippen molar-refractivity contribution in [2.24, 2.45) is 4.99 Å². The summed E-state index contributed by atoms with van der Waals surface area (Å²) >= 11 is 0. The van der Waals surface area contributed by atoms with Gasteiger partial charge in [-0.25, -0.2) is 9.79 Å². The molecule has 0 saturated heterocycles. The number of rotatable bonds is 4. The van der Waals surface area contributed by atoms with Gasteiger partial charge in [-0.3, -0.25) is 21.0 Å². The molecule has 2 aromatic rings. The third-order valence-corrected chi connectivity index (χ3v) is 2.78. The maximum atomic E-state index is 11.7. The molecule has 0 atom stereocenters. The van der Waals surface area contributed by atoms with Gasteiger partial charge in [0.1, 0.15) is 0 Å². The summed E-state index contributed by atoms with van der Waals surface area (Å²) in [4.78, 5) is 26.0. The summed E-state index contributed by atoms with van der Waals surface area (Å²) < 4.78 is 4.65. The van der Waals surface area contributed by atoms with Crippen LogP contribution in [0.3, 0.4) is 0 Å². The number of carbonyl (C=O) groups is 1. The van der Waals surface area contributed by atoms with Gasteiger partial charge in [0.15, 0.2) is 0 Å². The van der Waals surface area contributed by atoms with Crippen LogP contribution in [0.4, 0.5) is 17.1 Å². The number of aliphatic imine (C=N–C) groups is 1. The summed E-state index contributed by atoms with van der Waals surface area (Å²) in [7, 11) is 1.23. The molecule has 0 heterocycles. The first-order chi connectivity index (χ1) is 11.1. The smallest absolute Gasteiger partial charge is 0.375 e. The Balaban J connectivity index is 2.16. The summed E-state index contributed by atoms with van der Waals surface area (Å²) in [5.41, 5.74) is 6.53. The van der Waals surface area contributed by atoms with Crippen LogP contribution in [-0.4, -0.2) is 23.8 Å². The molecule has 0 saturated carbocycles. The lowest BCUT2D eigenvalue weighted by molar-refractivity contribution is -0.384. The average Bonchev–Trinajstić information content (AvgIpc) is 2.59. The zero-order valence-corrected chi connectivity index (χ0v) is 12.2. The van der Waals surface area contributed by atoms with Gasteiger partial charge < -0.3 is 4.74 Å². The number of non-ortho nitro benzene ring substituents is 1. The van der Waals surface area contributed by atoms with Gasteiger partial charge in [0.25, 0.3) is 5.69 Å². The molecule has 23 heavy (non-hydrogen) atoms. The fourth-order valence-electron chi connectivity index (χ4n) is 1.65. The molecule has 0 fully saturated rings. The minimum Gasteiger partial charge on any atom is -0.463 e. The first kappa shape index (κ1) is 16.0. The number of para-hydroxylation sites is 1. The largest absolute Gasteiger partial charge is 0.463 e. The van der Waals surface area contributed by atoms with Gasteiger partial charge >= 0.3 is 5.97 Å². The van der Waals surface area contributed by atoms with Gasteiger partial charge in [-0.1, -0.05) is 18.2 Å². The van der Waals surface area contributed by atoms with Crippen molar-refractivity contribution in [1.82, 2.24) is 5.43 Å². The number of nitrogens with one attached hydrogen (secondary N) is 2. The number of amidine groups is 1. The number of hydrogen-bond acceptors (Lipinski definition) is 6. The third-order valence-electron chi connectivity index (χ3n) is 2.78. The van der Waals surface area contributed by atoms with Crippen molar-refractivity contribution in [3.05, 3.63) is 64.7 Å². The molecular formula is C15H14N4O4. The molecule has 0 unspecified atom stereocenters. The fraction of sp³-hybridized carbons (Fsp3) is 0.0667. The minimum absolute atomic E-state index is 0.0565. The van der Waals surface area contributed by atoms with Crippen LogP contribution < -0.4 is 10.9 Å². The van der Waals surface area contributed by atoms with Crippen molar-refractivity contribution in [1.29, 1.82) is 0 Å². The molecular weight excluding hydrogens is 300 g/mol. The first-order valence-electron chi connectivity index (χ1n) is 6.58. The standard InChI is InChI=1S/C15H14N4O4/c1-23-15(20)14(18-17-12-5-3-2-4-6-12)16-11-7-9-13(10-8-11)19(21)22/h2-10,17H,1H3,(H,16,18). The number of hydrogen-bond donors (Lipinski definition) is 2. The summed E-state index contributed by atoms with van der Waals surface area (Å²) in [6.45, 7) is 0. The topological polar surface area (TPSA) is 106 Å². The van der Waals surface area contributed by atoms with Gasteiger partial charge in [-0.2, -0.15) is 0 Å². The highest BCUT2D eigenvalue weighted by atomic mass is 16.6. The molecule has 118 valence electrons. The highest BCUT2D eigenvalue weighted by Gasteiger charge is 2.12. The number of ether oxygens (including phenoxy) is 1. The van der Waals surface area contributed by atoms with Crippen molar-refractivity contribution in [3.8, 4) is 0 Å². The van der Waals surface area contributed by atoms with E-state index in [1.54, 1.807) is 12.1 Å². The second-order valence-electron chi connectivity index (χ2n) is 4.34. The molecule has 0 spiro atoms. The van der Waals surface area contributed by atoms with Gasteiger partial charge in [-0.15, -0.1) is 0 Å². The van der Waals surface area contributed by atoms with Crippen molar-refractivity contribution < 1.29 is 14.5 Å². The van der Waals surface area contributed by atoms with Crippen molar-refractivity contribution in [3.63, 3.8) is 0 Å². The Kier molecular flexibility index (Phi) is 5.24. The van der Waals surface area contributed by atoms with E-state index in [1.165, 1.54) is 31.4 Å². The Hall–Kier alpha value is -3.42. The normalized spacial score (nSPS) is 10.7. The van der Waals surface area contributed by atoms with E-state index in [1.807, 2.05) is 18.2 Å². The third kappa shape index (κ3) is 4.53.